The van der Waals surface area contributed by atoms with Gasteiger partial charge in [-0.05, 0) is 74.9 Å². The van der Waals surface area contributed by atoms with Crippen LogP contribution in [0, 0.1) is 18.3 Å². The number of amides is 4. The van der Waals surface area contributed by atoms with Gasteiger partial charge in [0, 0.05) is 55.3 Å². The van der Waals surface area contributed by atoms with E-state index in [4.69, 9.17) is 23.7 Å². The van der Waals surface area contributed by atoms with Crippen molar-refractivity contribution in [2.75, 3.05) is 91.6 Å². The van der Waals surface area contributed by atoms with Crippen molar-refractivity contribution in [1.82, 2.24) is 25.6 Å². The van der Waals surface area contributed by atoms with E-state index in [1.165, 1.54) is 24.0 Å². The second-order valence-electron chi connectivity index (χ2n) is 20.3. The van der Waals surface area contributed by atoms with Crippen LogP contribution in [0.4, 0.5) is 0 Å². The summed E-state index contributed by atoms with van der Waals surface area (Å²) in [6.07, 6.45) is 6.06. The van der Waals surface area contributed by atoms with Gasteiger partial charge < -0.3 is 44.5 Å². The van der Waals surface area contributed by atoms with Crippen LogP contribution in [0.25, 0.3) is 0 Å². The van der Waals surface area contributed by atoms with E-state index in [2.05, 4.69) is 20.7 Å². The molecule has 3 atom stereocenters. The van der Waals surface area contributed by atoms with E-state index in [0.717, 1.165) is 41.9 Å². The van der Waals surface area contributed by atoms with Crippen molar-refractivity contribution < 1.29 is 56.1 Å². The van der Waals surface area contributed by atoms with Gasteiger partial charge in [0.05, 0.1) is 69.8 Å². The Bertz CT molecular complexity index is 2170. The van der Waals surface area contributed by atoms with E-state index in [-0.39, 0.29) is 34.1 Å². The van der Waals surface area contributed by atoms with Gasteiger partial charge in [-0.2, -0.15) is 0 Å². The molecule has 4 N–H and O–H groups in total. The van der Waals surface area contributed by atoms with Crippen LogP contribution in [0.5, 0.6) is 5.75 Å². The summed E-state index contributed by atoms with van der Waals surface area (Å²) in [5, 5.41) is 9.15. The van der Waals surface area contributed by atoms with Crippen LogP contribution in [0.1, 0.15) is 112 Å². The number of carbonyl (C=O) groups is 5. The summed E-state index contributed by atoms with van der Waals surface area (Å²) in [6.45, 7) is 23.2. The van der Waals surface area contributed by atoms with Crippen molar-refractivity contribution in [3.05, 3.63) is 71.3 Å². The predicted octanol–water partition coefficient (Wildman–Crippen LogP) is 7.20. The molecule has 0 aliphatic rings. The van der Waals surface area contributed by atoms with Gasteiger partial charge in [0.15, 0.2) is 0 Å². The number of sulfonamides is 1. The highest BCUT2D eigenvalue weighted by atomic mass is 33.1. The lowest BCUT2D eigenvalue weighted by molar-refractivity contribution is -0.141. The number of Topliss-reactive ketones (excluding diaryl/α,β-unsaturated/α-hetero) is 1. The Kier molecular flexibility index (Phi) is 31.7. The topological polar surface area (TPSA) is 217 Å². The molecule has 0 radical (unpaired) electrons. The molecular weight excluding hydrogens is 1020 g/mol. The number of carbonyl (C=O) groups excluding carboxylic acids is 5. The Morgan fingerprint density at radius 3 is 1.84 bits per heavy atom. The molecule has 2 aromatic carbocycles. The molecular formula is C55H89N5O12S3. The fourth-order valence-corrected chi connectivity index (χ4v) is 10.6. The molecule has 17 nitrogen and oxygen atoms in total. The maximum atomic E-state index is 14.4. The normalized spacial score (nSPS) is 13.5. The van der Waals surface area contributed by atoms with Gasteiger partial charge in [0.25, 0.3) is 15.9 Å². The third-order valence-corrected chi connectivity index (χ3v) is 16.1. The largest absolute Gasteiger partial charge is 0.491 e. The van der Waals surface area contributed by atoms with Crippen molar-refractivity contribution in [3.8, 4) is 5.75 Å². The number of ether oxygens (including phenoxy) is 5. The maximum absolute atomic E-state index is 14.4. The molecule has 2 aromatic rings. The average molecular weight is 1110 g/mol. The molecule has 2 rings (SSSR count). The minimum atomic E-state index is -4.13. The molecule has 0 unspecified atom stereocenters. The molecule has 0 saturated heterocycles. The second kappa shape index (κ2) is 35.4. The molecule has 0 saturated carbocycles. The number of ketones is 1. The van der Waals surface area contributed by atoms with Crippen LogP contribution in [0.3, 0.4) is 0 Å². The fourth-order valence-electron chi connectivity index (χ4n) is 7.70. The van der Waals surface area contributed by atoms with Crippen molar-refractivity contribution >= 4 is 61.0 Å². The van der Waals surface area contributed by atoms with Gasteiger partial charge in [0.1, 0.15) is 24.2 Å². The third-order valence-electron chi connectivity index (χ3n) is 12.4. The quantitative estimate of drug-likeness (QED) is 0.0296. The Morgan fingerprint density at radius 2 is 1.29 bits per heavy atom. The second-order valence-corrected chi connectivity index (χ2v) is 24.7. The van der Waals surface area contributed by atoms with Gasteiger partial charge in [-0.3, -0.25) is 24.0 Å². The first-order valence-corrected chi connectivity index (χ1v) is 30.1. The van der Waals surface area contributed by atoms with Gasteiger partial charge >= 0.3 is 0 Å². The number of aryl methyl sites for hydroxylation is 1. The minimum Gasteiger partial charge on any atom is -0.491 e. The Labute approximate surface area is 456 Å². The average Bonchev–Trinajstić information content (AvgIpc) is 3.35. The van der Waals surface area contributed by atoms with Gasteiger partial charge in [-0.25, -0.2) is 13.1 Å². The summed E-state index contributed by atoms with van der Waals surface area (Å²) in [5.41, 5.74) is 0.428. The monoisotopic (exact) mass is 1110 g/mol. The zero-order valence-corrected chi connectivity index (χ0v) is 49.3. The molecule has 0 heterocycles. The lowest BCUT2D eigenvalue weighted by Crippen LogP contribution is -2.61. The van der Waals surface area contributed by atoms with E-state index < -0.39 is 44.9 Å². The summed E-state index contributed by atoms with van der Waals surface area (Å²) >= 11 is 0. The van der Waals surface area contributed by atoms with Crippen molar-refractivity contribution in [2.24, 2.45) is 11.3 Å². The number of rotatable bonds is 39. The van der Waals surface area contributed by atoms with Gasteiger partial charge in [-0.1, -0.05) is 119 Å². The van der Waals surface area contributed by atoms with Crippen LogP contribution < -0.4 is 25.4 Å². The SMILES string of the molecule is CCC(=O)CCCCCNC(=O)CCSSCCOCCOCCOCCOCCOc1ccc(C(C)(C)[C@H](NC)C(=O)N[C@H](C(=O)N(C)[C@H](/C=C(\C)C(=O)NS(=O)(=O)c2ccc(C)cc2)C(C)C)C(C)(C)C)cc1. The first-order valence-electron chi connectivity index (χ1n) is 26.1. The number of hydrogen-bond donors (Lipinski definition) is 4. The highest BCUT2D eigenvalue weighted by molar-refractivity contribution is 8.76. The summed E-state index contributed by atoms with van der Waals surface area (Å²) in [5.74, 6) is 0.880. The number of unbranched alkanes of at least 4 members (excludes halogenated alkanes) is 2. The van der Waals surface area contributed by atoms with Crippen molar-refractivity contribution in [2.45, 2.75) is 136 Å². The van der Waals surface area contributed by atoms with Gasteiger partial charge in [0.2, 0.25) is 17.7 Å². The number of hydrogen-bond acceptors (Lipinski definition) is 15. The molecule has 4 amide bonds. The first-order chi connectivity index (χ1) is 35.5. The van der Waals surface area contributed by atoms with E-state index in [1.54, 1.807) is 53.9 Å². The molecule has 0 bridgehead atoms. The van der Waals surface area contributed by atoms with E-state index in [1.807, 2.05) is 86.6 Å². The molecule has 0 aliphatic carbocycles. The highest BCUT2D eigenvalue weighted by Gasteiger charge is 2.42. The summed E-state index contributed by atoms with van der Waals surface area (Å²) in [6, 6.07) is 11.4. The van der Waals surface area contributed by atoms with Crippen LogP contribution in [-0.4, -0.2) is 152 Å². The maximum Gasteiger partial charge on any atom is 0.264 e. The van der Waals surface area contributed by atoms with Crippen molar-refractivity contribution in [3.63, 3.8) is 0 Å². The molecule has 75 heavy (non-hydrogen) atoms. The van der Waals surface area contributed by atoms with Crippen LogP contribution in [0.2, 0.25) is 0 Å². The number of benzene rings is 2. The Balaban J connectivity index is 1.71. The molecule has 20 heteroatoms. The van der Waals surface area contributed by atoms with Crippen molar-refractivity contribution in [1.29, 1.82) is 0 Å². The zero-order chi connectivity index (χ0) is 56.0. The molecule has 0 spiro atoms. The van der Waals surface area contributed by atoms with Gasteiger partial charge in [-0.15, -0.1) is 0 Å². The number of nitrogens with one attached hydrogen (secondary N) is 4. The predicted molar refractivity (Wildman–Crippen MR) is 300 cm³/mol. The van der Waals surface area contributed by atoms with E-state index in [9.17, 15) is 32.4 Å². The molecule has 0 aliphatic heterocycles. The first kappa shape index (κ1) is 67.1. The van der Waals surface area contributed by atoms with E-state index >= 15 is 0 Å². The third kappa shape index (κ3) is 25.8. The fraction of sp³-hybridized carbons (Fsp3) is 0.655. The molecule has 0 aromatic heterocycles. The van der Waals surface area contributed by atoms with E-state index in [0.29, 0.717) is 96.8 Å². The smallest absolute Gasteiger partial charge is 0.264 e. The summed E-state index contributed by atoms with van der Waals surface area (Å²) in [7, 11) is 2.55. The van der Waals surface area contributed by atoms with Crippen LogP contribution >= 0.6 is 21.6 Å². The highest BCUT2D eigenvalue weighted by Crippen LogP contribution is 2.31. The molecule has 424 valence electrons. The minimum absolute atomic E-state index is 0.0362. The summed E-state index contributed by atoms with van der Waals surface area (Å²) in [4.78, 5) is 66.5. The van der Waals surface area contributed by atoms with Crippen LogP contribution in [0.15, 0.2) is 65.1 Å². The number of nitrogens with zero attached hydrogens (tertiary/aromatic N) is 1. The van der Waals surface area contributed by atoms with Crippen LogP contribution in [-0.2, 0) is 58.4 Å². The zero-order valence-electron chi connectivity index (χ0n) is 46.8. The standard InChI is InChI=1S/C55H89N5O12S3/c1-13-44(61)17-15-14-16-27-57-48(62)26-37-73-74-38-36-71-33-32-69-29-28-68-30-31-70-34-35-72-45-22-20-43(21-23-45)55(9,10)49(56-11)52(64)58-50(54(6,7)8)53(65)60(12)47(40(2)3)39-42(5)51(63)59-75(66,67)46-24-18-41(4)19-25-46/h18-25,39-40,47,49-50,56H,13-17,26-38H2,1-12H3,(H,57,62)(H,58,64)(H,59,63)/b42-39+/t47-,49-,50-/m1/s1. The Hall–Kier alpha value is -4.02. The molecule has 0 fully saturated rings. The number of likely N-dealkylation sites (N-methyl/N-ethyl adjacent to an activating group) is 2. The lowest BCUT2D eigenvalue weighted by atomic mass is 9.76. The Morgan fingerprint density at radius 1 is 0.733 bits per heavy atom. The summed E-state index contributed by atoms with van der Waals surface area (Å²) < 4.78 is 56.4. The lowest BCUT2D eigenvalue weighted by Gasteiger charge is -2.40.